The minimum absolute atomic E-state index is 0.508. The van der Waals surface area contributed by atoms with Crippen molar-refractivity contribution in [3.63, 3.8) is 0 Å². The Hall–Kier alpha value is -1.61. The minimum atomic E-state index is 0.508. The van der Waals surface area contributed by atoms with E-state index in [-0.39, 0.29) is 0 Å². The van der Waals surface area contributed by atoms with Crippen LogP contribution >= 0.6 is 0 Å². The van der Waals surface area contributed by atoms with Gasteiger partial charge in [0.2, 0.25) is 0 Å². The molecule has 1 aromatic carbocycles. The van der Waals surface area contributed by atoms with E-state index in [1.165, 1.54) is 17.5 Å². The summed E-state index contributed by atoms with van der Waals surface area (Å²) >= 11 is 0. The van der Waals surface area contributed by atoms with Gasteiger partial charge in [-0.05, 0) is 25.0 Å². The van der Waals surface area contributed by atoms with Crippen molar-refractivity contribution in [2.45, 2.75) is 39.3 Å². The molecule has 0 bridgehead atoms. The fraction of sp³-hybridized carbons (Fsp3) is 0.500. The number of hydrogen-bond acceptors (Lipinski definition) is 3. The third-order valence-corrected chi connectivity index (χ3v) is 4.84. The van der Waals surface area contributed by atoms with Gasteiger partial charge in [-0.2, -0.15) is 0 Å². The fourth-order valence-electron chi connectivity index (χ4n) is 3.13. The molecule has 3 atom stereocenters. The smallest absolute Gasteiger partial charge is 0.0703 e. The third kappa shape index (κ3) is 2.88. The molecule has 1 saturated heterocycles. The Morgan fingerprint density at radius 3 is 3.00 bits per heavy atom. The molecule has 0 aliphatic carbocycles. The first-order valence-electron chi connectivity index (χ1n) is 8.04. The third-order valence-electron chi connectivity index (χ3n) is 4.84. The number of rotatable bonds is 3. The maximum Gasteiger partial charge on any atom is 0.0703 e. The Labute approximate surface area is 127 Å². The van der Waals surface area contributed by atoms with Gasteiger partial charge in [0, 0.05) is 30.6 Å². The van der Waals surface area contributed by atoms with E-state index >= 15 is 0 Å². The van der Waals surface area contributed by atoms with Crippen LogP contribution in [0.4, 0.5) is 5.69 Å². The van der Waals surface area contributed by atoms with E-state index in [0.717, 1.165) is 18.6 Å². The predicted octanol–water partition coefficient (Wildman–Crippen LogP) is 3.45. The second-order valence-corrected chi connectivity index (χ2v) is 6.29. The fourth-order valence-corrected chi connectivity index (χ4v) is 3.13. The number of fused-ring (bicyclic) bond motifs is 1. The van der Waals surface area contributed by atoms with Crippen molar-refractivity contribution >= 4 is 16.6 Å². The van der Waals surface area contributed by atoms with Crippen LogP contribution in [0, 0.1) is 5.92 Å². The summed E-state index contributed by atoms with van der Waals surface area (Å²) in [6.07, 6.45) is 3.24. The first kappa shape index (κ1) is 14.3. The average Bonchev–Trinajstić information content (AvgIpc) is 2.54. The number of aromatic nitrogens is 1. The molecule has 1 aliphatic rings. The molecule has 0 amide bonds. The number of anilines is 1. The quantitative estimate of drug-likeness (QED) is 0.935. The predicted molar refractivity (Wildman–Crippen MR) is 89.8 cm³/mol. The van der Waals surface area contributed by atoms with Gasteiger partial charge in [0.15, 0.2) is 0 Å². The van der Waals surface area contributed by atoms with Crippen LogP contribution in [0.5, 0.6) is 0 Å². The van der Waals surface area contributed by atoms with Gasteiger partial charge in [0.05, 0.1) is 17.4 Å². The van der Waals surface area contributed by atoms with Crippen molar-refractivity contribution < 1.29 is 0 Å². The van der Waals surface area contributed by atoms with Crippen LogP contribution in [0.3, 0.4) is 0 Å². The summed E-state index contributed by atoms with van der Waals surface area (Å²) in [5.41, 5.74) is 2.32. The molecule has 0 radical (unpaired) electrons. The van der Waals surface area contributed by atoms with Crippen LogP contribution in [0.15, 0.2) is 36.5 Å². The summed E-state index contributed by atoms with van der Waals surface area (Å²) in [5.74, 6) is 0.702. The van der Waals surface area contributed by atoms with Crippen molar-refractivity contribution in [3.8, 4) is 0 Å². The molecule has 1 aliphatic heterocycles. The maximum atomic E-state index is 4.62. The van der Waals surface area contributed by atoms with Crippen LogP contribution in [0.25, 0.3) is 10.9 Å². The van der Waals surface area contributed by atoms with Crippen molar-refractivity contribution in [3.05, 3.63) is 36.5 Å². The molecular weight excluding hydrogens is 258 g/mol. The minimum Gasteiger partial charge on any atom is -0.365 e. The van der Waals surface area contributed by atoms with E-state index in [1.54, 1.807) is 0 Å². The number of benzene rings is 1. The van der Waals surface area contributed by atoms with E-state index in [4.69, 9.17) is 0 Å². The number of hydrogen-bond donors (Lipinski definition) is 1. The Bertz CT molecular complexity index is 610. The van der Waals surface area contributed by atoms with Crippen LogP contribution in [0.2, 0.25) is 0 Å². The van der Waals surface area contributed by atoms with Gasteiger partial charge in [-0.15, -0.1) is 0 Å². The van der Waals surface area contributed by atoms with E-state index in [0.29, 0.717) is 18.0 Å². The molecule has 3 rings (SSSR count). The molecule has 112 valence electrons. The molecule has 1 N–H and O–H groups in total. The average molecular weight is 283 g/mol. The van der Waals surface area contributed by atoms with Crippen LogP contribution in [0.1, 0.15) is 27.2 Å². The zero-order valence-electron chi connectivity index (χ0n) is 13.2. The van der Waals surface area contributed by atoms with Crippen molar-refractivity contribution in [1.29, 1.82) is 0 Å². The lowest BCUT2D eigenvalue weighted by atomic mass is 9.95. The van der Waals surface area contributed by atoms with E-state index < -0.39 is 0 Å². The Kier molecular flexibility index (Phi) is 4.11. The van der Waals surface area contributed by atoms with Crippen LogP contribution < -0.4 is 10.2 Å². The first-order valence-corrected chi connectivity index (χ1v) is 8.04. The lowest BCUT2D eigenvalue weighted by Gasteiger charge is -2.42. The molecule has 2 heterocycles. The largest absolute Gasteiger partial charge is 0.365 e. The van der Waals surface area contributed by atoms with Crippen molar-refractivity contribution in [1.82, 2.24) is 10.3 Å². The monoisotopic (exact) mass is 283 g/mol. The zero-order chi connectivity index (χ0) is 14.8. The summed E-state index contributed by atoms with van der Waals surface area (Å²) in [7, 11) is 0. The summed E-state index contributed by atoms with van der Waals surface area (Å²) in [4.78, 5) is 7.13. The Balaban J connectivity index is 1.88. The summed E-state index contributed by atoms with van der Waals surface area (Å²) in [6.45, 7) is 9.00. The molecule has 0 spiro atoms. The highest BCUT2D eigenvalue weighted by atomic mass is 15.2. The van der Waals surface area contributed by atoms with Crippen LogP contribution in [-0.2, 0) is 0 Å². The van der Waals surface area contributed by atoms with Crippen molar-refractivity contribution in [2.24, 2.45) is 5.92 Å². The molecule has 2 aromatic rings. The van der Waals surface area contributed by atoms with E-state index in [1.807, 2.05) is 12.3 Å². The topological polar surface area (TPSA) is 28.2 Å². The molecule has 1 fully saturated rings. The Morgan fingerprint density at radius 2 is 2.19 bits per heavy atom. The summed E-state index contributed by atoms with van der Waals surface area (Å²) < 4.78 is 0. The highest BCUT2D eigenvalue weighted by molar-refractivity contribution is 5.81. The molecule has 3 nitrogen and oxygen atoms in total. The highest BCUT2D eigenvalue weighted by Crippen LogP contribution is 2.25. The number of para-hydroxylation sites is 1. The van der Waals surface area contributed by atoms with Gasteiger partial charge in [0.1, 0.15) is 0 Å². The van der Waals surface area contributed by atoms with Crippen LogP contribution in [-0.4, -0.2) is 30.2 Å². The molecule has 0 saturated carbocycles. The highest BCUT2D eigenvalue weighted by Gasteiger charge is 2.28. The number of piperazine rings is 1. The maximum absolute atomic E-state index is 4.62. The van der Waals surface area contributed by atoms with Gasteiger partial charge in [-0.25, -0.2) is 0 Å². The van der Waals surface area contributed by atoms with Gasteiger partial charge >= 0.3 is 0 Å². The van der Waals surface area contributed by atoms with Gasteiger partial charge < -0.3 is 10.2 Å². The Morgan fingerprint density at radius 1 is 1.38 bits per heavy atom. The molecule has 1 aromatic heterocycles. The second-order valence-electron chi connectivity index (χ2n) is 6.29. The lowest BCUT2D eigenvalue weighted by molar-refractivity contribution is 0.316. The van der Waals surface area contributed by atoms with E-state index in [9.17, 15) is 0 Å². The van der Waals surface area contributed by atoms with Crippen molar-refractivity contribution in [2.75, 3.05) is 18.0 Å². The first-order chi connectivity index (χ1) is 10.2. The normalized spacial score (nSPS) is 24.2. The summed E-state index contributed by atoms with van der Waals surface area (Å²) in [5, 5.41) is 4.92. The molecule has 21 heavy (non-hydrogen) atoms. The SMILES string of the molecule is CCC(C)C1CN(c2cnc3ccccc3c2)C(C)CN1. The molecular formula is C18H25N3. The van der Waals surface area contributed by atoms with Gasteiger partial charge in [0.25, 0.3) is 0 Å². The van der Waals surface area contributed by atoms with E-state index in [2.05, 4.69) is 60.2 Å². The van der Waals surface area contributed by atoms with Gasteiger partial charge in [-0.1, -0.05) is 38.5 Å². The zero-order valence-corrected chi connectivity index (χ0v) is 13.2. The molecule has 3 heteroatoms. The lowest BCUT2D eigenvalue weighted by Crippen LogP contribution is -2.57. The second kappa shape index (κ2) is 6.02. The standard InChI is InChI=1S/C18H25N3/c1-4-13(2)18-12-21(14(3)10-19-18)16-9-15-7-5-6-8-17(15)20-11-16/h5-9,11,13-14,18-19H,4,10,12H2,1-3H3. The number of pyridine rings is 1. The summed E-state index contributed by atoms with van der Waals surface area (Å²) in [6, 6.07) is 11.7. The number of nitrogens with zero attached hydrogens (tertiary/aromatic N) is 2. The number of nitrogens with one attached hydrogen (secondary N) is 1. The van der Waals surface area contributed by atoms with Gasteiger partial charge in [-0.3, -0.25) is 4.98 Å². The molecule has 3 unspecified atom stereocenters.